The first kappa shape index (κ1) is 36.6. The minimum absolute atomic E-state index is 0.00592. The standard InChI is InChI=1S/2C14H24BN2O2S/c2*1-6-19-13(14-16-11(4)8-20-14)7-12(10(2)3)17(5)15-9-18/h2*8-10,12-13H,6-7H2,1-5H3/t12?,13-;12-,13+/m00/s1. The predicted molar refractivity (Wildman–Crippen MR) is 169 cm³/mol. The molecule has 0 bridgehead atoms. The molecule has 12 heteroatoms. The van der Waals surface area contributed by atoms with Crippen LogP contribution in [0.5, 0.6) is 0 Å². The fourth-order valence-corrected chi connectivity index (χ4v) is 6.31. The number of aryl methyl sites for hydroxylation is 2. The highest BCUT2D eigenvalue weighted by Gasteiger charge is 2.27. The summed E-state index contributed by atoms with van der Waals surface area (Å²) in [5.74, 6) is 0.862. The predicted octanol–water partition coefficient (Wildman–Crippen LogP) is 5.37. The third-order valence-corrected chi connectivity index (χ3v) is 8.76. The topological polar surface area (TPSA) is 84.9 Å². The Hall–Kier alpha value is -1.43. The third-order valence-electron chi connectivity index (χ3n) is 6.65. The van der Waals surface area contributed by atoms with Crippen molar-refractivity contribution >= 4 is 49.9 Å². The van der Waals surface area contributed by atoms with E-state index in [-0.39, 0.29) is 24.3 Å². The van der Waals surface area contributed by atoms with Crippen LogP contribution in [0.25, 0.3) is 0 Å². The van der Waals surface area contributed by atoms with Gasteiger partial charge in [0, 0.05) is 47.4 Å². The van der Waals surface area contributed by atoms with Gasteiger partial charge in [-0.15, -0.1) is 22.7 Å². The lowest BCUT2D eigenvalue weighted by Crippen LogP contribution is -2.40. The highest BCUT2D eigenvalue weighted by atomic mass is 32.1. The first-order valence-electron chi connectivity index (χ1n) is 14.1. The molecule has 0 saturated carbocycles. The lowest BCUT2D eigenvalue weighted by molar-refractivity contribution is 0.0363. The molecule has 2 heterocycles. The largest absolute Gasteiger partial charge is 0.371 e. The van der Waals surface area contributed by atoms with Gasteiger partial charge >= 0.3 is 0 Å². The number of carbonyl (C=O) groups is 2. The number of rotatable bonds is 18. The summed E-state index contributed by atoms with van der Waals surface area (Å²) >= 11 is 3.28. The zero-order chi connectivity index (χ0) is 30.2. The van der Waals surface area contributed by atoms with Gasteiger partial charge in [0.25, 0.3) is 14.8 Å². The van der Waals surface area contributed by atoms with Crippen LogP contribution in [-0.2, 0) is 19.1 Å². The molecule has 0 aromatic carbocycles. The Morgan fingerprint density at radius 3 is 1.35 bits per heavy atom. The zero-order valence-electron chi connectivity index (χ0n) is 26.0. The van der Waals surface area contributed by atoms with Crippen LogP contribution in [0.4, 0.5) is 0 Å². The van der Waals surface area contributed by atoms with E-state index in [1.54, 1.807) is 37.5 Å². The van der Waals surface area contributed by atoms with Gasteiger partial charge in [-0.1, -0.05) is 27.7 Å². The van der Waals surface area contributed by atoms with Gasteiger partial charge in [0.05, 0.1) is 12.4 Å². The van der Waals surface area contributed by atoms with Crippen LogP contribution >= 0.6 is 22.7 Å². The quantitative estimate of drug-likeness (QED) is 0.169. The van der Waals surface area contributed by atoms with Crippen LogP contribution in [0.3, 0.4) is 0 Å². The van der Waals surface area contributed by atoms with E-state index in [1.165, 1.54) is 0 Å². The molecule has 2 aromatic heterocycles. The van der Waals surface area contributed by atoms with E-state index in [9.17, 15) is 9.59 Å². The van der Waals surface area contributed by atoms with Gasteiger partial charge in [-0.25, -0.2) is 9.97 Å². The van der Waals surface area contributed by atoms with Gasteiger partial charge in [0.2, 0.25) is 0 Å². The monoisotopic (exact) mass is 590 g/mol. The van der Waals surface area contributed by atoms with E-state index >= 15 is 0 Å². The third kappa shape index (κ3) is 12.6. The number of thiazole rings is 2. The van der Waals surface area contributed by atoms with Crippen molar-refractivity contribution in [3.8, 4) is 0 Å². The number of hydrogen-bond acceptors (Lipinski definition) is 10. The summed E-state index contributed by atoms with van der Waals surface area (Å²) in [5, 5.41) is 6.14. The summed E-state index contributed by atoms with van der Waals surface area (Å²) in [4.78, 5) is 34.4. The Labute approximate surface area is 251 Å². The Morgan fingerprint density at radius 1 is 0.775 bits per heavy atom. The minimum Gasteiger partial charge on any atom is -0.371 e. The molecular weight excluding hydrogens is 542 g/mol. The number of carbonyl (C=O) groups excluding carboxylic acids is 2. The smallest absolute Gasteiger partial charge is 0.293 e. The number of hydrogen-bond donors (Lipinski definition) is 0. The van der Waals surface area contributed by atoms with Crippen molar-refractivity contribution in [3.63, 3.8) is 0 Å². The molecule has 8 nitrogen and oxygen atoms in total. The molecule has 1 unspecified atom stereocenters. The van der Waals surface area contributed by atoms with E-state index in [0.29, 0.717) is 25.0 Å². The van der Waals surface area contributed by atoms with Gasteiger partial charge in [-0.2, -0.15) is 0 Å². The van der Waals surface area contributed by atoms with Crippen LogP contribution in [0.1, 0.15) is 88.0 Å². The molecule has 222 valence electrons. The first-order valence-corrected chi connectivity index (χ1v) is 15.8. The molecule has 4 atom stereocenters. The molecule has 2 radical (unpaired) electrons. The number of ether oxygens (including phenoxy) is 2. The average Bonchev–Trinajstić information content (AvgIpc) is 3.52. The molecule has 0 fully saturated rings. The zero-order valence-corrected chi connectivity index (χ0v) is 27.6. The highest BCUT2D eigenvalue weighted by molar-refractivity contribution is 7.10. The second-order valence-electron chi connectivity index (χ2n) is 10.5. The van der Waals surface area contributed by atoms with Crippen molar-refractivity contribution in [1.29, 1.82) is 0 Å². The summed E-state index contributed by atoms with van der Waals surface area (Å²) in [7, 11) is 7.05. The fraction of sp³-hybridized carbons (Fsp3) is 0.714. The van der Waals surface area contributed by atoms with E-state index in [1.807, 2.05) is 62.2 Å². The lowest BCUT2D eigenvalue weighted by Gasteiger charge is -2.32. The van der Waals surface area contributed by atoms with E-state index < -0.39 is 0 Å². The van der Waals surface area contributed by atoms with Gasteiger partial charge in [-0.3, -0.25) is 0 Å². The maximum Gasteiger partial charge on any atom is 0.293 e. The van der Waals surface area contributed by atoms with E-state index in [2.05, 4.69) is 37.7 Å². The molecule has 0 saturated heterocycles. The number of nitrogens with zero attached hydrogens (tertiary/aromatic N) is 4. The van der Waals surface area contributed by atoms with Gasteiger partial charge in [-0.05, 0) is 66.5 Å². The van der Waals surface area contributed by atoms with Gasteiger partial charge in [0.15, 0.2) is 0 Å². The van der Waals surface area contributed by atoms with Crippen LogP contribution in [0, 0.1) is 25.7 Å². The van der Waals surface area contributed by atoms with Crippen LogP contribution in [0.2, 0.25) is 0 Å². The Morgan fingerprint density at radius 2 is 1.12 bits per heavy atom. The van der Waals surface area contributed by atoms with Crippen LogP contribution in [0.15, 0.2) is 10.8 Å². The molecule has 0 spiro atoms. The van der Waals surface area contributed by atoms with Crippen molar-refractivity contribution in [1.82, 2.24) is 19.6 Å². The molecule has 0 N–H and O–H groups in total. The van der Waals surface area contributed by atoms with Gasteiger partial charge < -0.3 is 28.7 Å². The average molecular weight is 590 g/mol. The van der Waals surface area contributed by atoms with Crippen molar-refractivity contribution in [2.45, 2.75) is 92.5 Å². The van der Waals surface area contributed by atoms with Crippen molar-refractivity contribution < 1.29 is 19.1 Å². The Bertz CT molecular complexity index is 900. The molecule has 40 heavy (non-hydrogen) atoms. The lowest BCUT2D eigenvalue weighted by atomic mass is 9.86. The maximum absolute atomic E-state index is 10.7. The van der Waals surface area contributed by atoms with Gasteiger partial charge in [0.1, 0.15) is 22.2 Å². The SMILES string of the molecule is CCO[C@@H](CC(C(C)C)N(C)[B]C=O)c1nc(C)cs1.CCO[C@H](C[C@@H](C(C)C)N(C)[B]C=O)c1nc(C)cs1. The van der Waals surface area contributed by atoms with E-state index in [0.717, 1.165) is 46.6 Å². The van der Waals surface area contributed by atoms with Crippen molar-refractivity contribution in [3.05, 3.63) is 32.2 Å². The highest BCUT2D eigenvalue weighted by Crippen LogP contribution is 2.30. The Kier molecular flexibility index (Phi) is 18.0. The molecule has 2 aromatic rings. The fourth-order valence-electron chi connectivity index (χ4n) is 4.59. The molecular formula is C28H48B2N4O4S2. The summed E-state index contributed by atoms with van der Waals surface area (Å²) in [5.41, 5.74) is 2.06. The normalized spacial score (nSPS) is 14.6. The molecule has 0 aliphatic heterocycles. The summed E-state index contributed by atoms with van der Waals surface area (Å²) in [6, 6.07) is 0.502. The summed E-state index contributed by atoms with van der Waals surface area (Å²) in [6.45, 7) is 18.0. The van der Waals surface area contributed by atoms with Crippen molar-refractivity contribution in [2.75, 3.05) is 27.3 Å². The molecule has 2 rings (SSSR count). The minimum atomic E-state index is -0.00592. The first-order chi connectivity index (χ1) is 19.0. The molecule has 0 amide bonds. The van der Waals surface area contributed by atoms with Crippen molar-refractivity contribution in [2.24, 2.45) is 11.8 Å². The maximum atomic E-state index is 10.7. The second kappa shape index (κ2) is 19.6. The summed E-state index contributed by atoms with van der Waals surface area (Å²) < 4.78 is 11.7. The number of aromatic nitrogens is 2. The van der Waals surface area contributed by atoms with Crippen LogP contribution < -0.4 is 0 Å². The molecule has 0 aliphatic rings. The Balaban J connectivity index is 0.000000400. The van der Waals surface area contributed by atoms with Crippen LogP contribution in [-0.4, -0.2) is 86.2 Å². The summed E-state index contributed by atoms with van der Waals surface area (Å²) in [6.07, 6.45) is 3.32. The van der Waals surface area contributed by atoms with E-state index in [4.69, 9.17) is 9.47 Å². The second-order valence-corrected chi connectivity index (χ2v) is 12.3. The molecule has 0 aliphatic carbocycles.